The van der Waals surface area contributed by atoms with Crippen LogP contribution in [0.15, 0.2) is 6.07 Å². The van der Waals surface area contributed by atoms with Gasteiger partial charge in [-0.05, 0) is 67.8 Å². The summed E-state index contributed by atoms with van der Waals surface area (Å²) in [5.74, 6) is 0.781. The Kier molecular flexibility index (Phi) is 3.95. The van der Waals surface area contributed by atoms with E-state index in [1.807, 2.05) is 0 Å². The van der Waals surface area contributed by atoms with Crippen LogP contribution in [-0.4, -0.2) is 48.0 Å². The molecule has 2 unspecified atom stereocenters. The highest BCUT2D eigenvalue weighted by atomic mass is 32.2. The number of hydrogen-bond donors (Lipinski definition) is 2. The van der Waals surface area contributed by atoms with Crippen molar-refractivity contribution in [3.8, 4) is 0 Å². The number of hydrogen-bond acceptors (Lipinski definition) is 4. The molecule has 4 aliphatic rings. The summed E-state index contributed by atoms with van der Waals surface area (Å²) in [6.07, 6.45) is 6.97. The van der Waals surface area contributed by atoms with E-state index in [-0.39, 0.29) is 6.03 Å². The molecule has 5 nitrogen and oxygen atoms in total. The summed E-state index contributed by atoms with van der Waals surface area (Å²) in [6.45, 7) is 3.38. The molecule has 0 radical (unpaired) electrons. The molecule has 0 saturated carbocycles. The Morgan fingerprint density at radius 3 is 2.48 bits per heavy atom. The summed E-state index contributed by atoms with van der Waals surface area (Å²) < 4.78 is 5.33. The summed E-state index contributed by atoms with van der Waals surface area (Å²) in [5, 5.41) is 3.21. The summed E-state index contributed by atoms with van der Waals surface area (Å²) in [7, 11) is 2.18. The minimum absolute atomic E-state index is 0.0748. The molecular formula is C19H26N4OS. The number of rotatable bonds is 3. The first kappa shape index (κ1) is 16.0. The van der Waals surface area contributed by atoms with E-state index >= 15 is 0 Å². The quantitative estimate of drug-likeness (QED) is 0.816. The predicted molar refractivity (Wildman–Crippen MR) is 102 cm³/mol. The smallest absolute Gasteiger partial charge is 0.307 e. The summed E-state index contributed by atoms with van der Waals surface area (Å²) >= 11 is 1.48. The maximum Gasteiger partial charge on any atom is 0.330 e. The fourth-order valence-electron chi connectivity index (χ4n) is 5.11. The van der Waals surface area contributed by atoms with Gasteiger partial charge in [0.25, 0.3) is 0 Å². The second-order valence-electron chi connectivity index (χ2n) is 8.03. The average Bonchev–Trinajstić information content (AvgIpc) is 3.28. The van der Waals surface area contributed by atoms with Crippen molar-refractivity contribution in [2.24, 2.45) is 5.92 Å². The molecule has 2 aliphatic heterocycles. The van der Waals surface area contributed by atoms with Crippen LogP contribution in [0.2, 0.25) is 0 Å². The highest BCUT2D eigenvalue weighted by Crippen LogP contribution is 2.39. The first-order valence-corrected chi connectivity index (χ1v) is 10.3. The van der Waals surface area contributed by atoms with Crippen molar-refractivity contribution in [2.75, 3.05) is 32.0 Å². The van der Waals surface area contributed by atoms with Crippen LogP contribution in [0.3, 0.4) is 0 Å². The van der Waals surface area contributed by atoms with Gasteiger partial charge < -0.3 is 10.2 Å². The van der Waals surface area contributed by atoms with E-state index in [1.54, 1.807) is 0 Å². The van der Waals surface area contributed by atoms with Gasteiger partial charge in [-0.2, -0.15) is 0 Å². The molecule has 2 heterocycles. The zero-order valence-electron chi connectivity index (χ0n) is 14.8. The van der Waals surface area contributed by atoms with Gasteiger partial charge in [0.2, 0.25) is 0 Å². The molecule has 2 saturated heterocycles. The Morgan fingerprint density at radius 1 is 1.08 bits per heavy atom. The third-order valence-electron chi connectivity index (χ3n) is 6.34. The number of carbonyl (C=O) groups excluding carboxylic acids is 1. The molecule has 1 aromatic carbocycles. The number of nitrogens with zero attached hydrogens (tertiary/aromatic N) is 2. The minimum atomic E-state index is -0.0748. The molecule has 2 aliphatic carbocycles. The molecule has 2 amide bonds. The number of benzene rings is 1. The maximum atomic E-state index is 12.5. The second-order valence-corrected chi connectivity index (χ2v) is 8.89. The van der Waals surface area contributed by atoms with Crippen LogP contribution in [0.1, 0.15) is 35.1 Å². The summed E-state index contributed by atoms with van der Waals surface area (Å²) in [5.41, 5.74) is 6.83. The van der Waals surface area contributed by atoms with Gasteiger partial charge in [-0.15, -0.1) is 0 Å². The maximum absolute atomic E-state index is 12.5. The van der Waals surface area contributed by atoms with Crippen LogP contribution in [0, 0.1) is 5.92 Å². The van der Waals surface area contributed by atoms with Crippen LogP contribution >= 0.6 is 12.1 Å². The number of nitrogens with one attached hydrogen (secondary N) is 2. The number of amides is 2. The number of likely N-dealkylation sites (N-methyl/N-ethyl adjacent to an activating group) is 1. The fourth-order valence-corrected chi connectivity index (χ4v) is 6.00. The van der Waals surface area contributed by atoms with Crippen molar-refractivity contribution in [2.45, 2.75) is 44.6 Å². The molecular weight excluding hydrogens is 332 g/mol. The molecule has 0 bridgehead atoms. The zero-order chi connectivity index (χ0) is 17.0. The number of anilines is 1. The number of fused-ring (bicyclic) bond motifs is 3. The highest BCUT2D eigenvalue weighted by molar-refractivity contribution is 7.95. The molecule has 6 heteroatoms. The van der Waals surface area contributed by atoms with Crippen molar-refractivity contribution in [1.82, 2.24) is 13.9 Å². The molecule has 2 N–H and O–H groups in total. The zero-order valence-corrected chi connectivity index (χ0v) is 15.6. The van der Waals surface area contributed by atoms with Gasteiger partial charge in [-0.1, -0.05) is 6.07 Å². The van der Waals surface area contributed by atoms with E-state index in [0.29, 0.717) is 6.04 Å². The monoisotopic (exact) mass is 358 g/mol. The lowest BCUT2D eigenvalue weighted by molar-refractivity contribution is 0.164. The molecule has 0 aromatic heterocycles. The lowest BCUT2D eigenvalue weighted by Crippen LogP contribution is -2.53. The molecule has 2 fully saturated rings. The summed E-state index contributed by atoms with van der Waals surface area (Å²) in [6, 6.07) is 2.92. The number of aryl methyl sites for hydroxylation is 2. The van der Waals surface area contributed by atoms with E-state index in [4.69, 9.17) is 0 Å². The normalized spacial score (nSPS) is 27.6. The standard InChI is InChI=1S/C19H26N4OS/c1-22-9-14-10-23(17(14)11-22)25-21-19(24)20-18-15-6-2-4-12(15)8-13-5-3-7-16(13)18/h8,14,17H,2-7,9-11H2,1H3,(H2,20,21,24). The first-order valence-electron chi connectivity index (χ1n) is 9.54. The lowest BCUT2D eigenvalue weighted by atomic mass is 9.96. The van der Waals surface area contributed by atoms with Gasteiger partial charge in [0.15, 0.2) is 0 Å². The van der Waals surface area contributed by atoms with Gasteiger partial charge in [0.1, 0.15) is 0 Å². The molecule has 1 aromatic rings. The Balaban J connectivity index is 1.25. The number of likely N-dealkylation sites (tertiary alicyclic amines) is 1. The van der Waals surface area contributed by atoms with Crippen molar-refractivity contribution in [1.29, 1.82) is 0 Å². The largest absolute Gasteiger partial charge is 0.330 e. The third-order valence-corrected chi connectivity index (χ3v) is 7.27. The van der Waals surface area contributed by atoms with E-state index < -0.39 is 0 Å². The van der Waals surface area contributed by atoms with Gasteiger partial charge >= 0.3 is 6.03 Å². The lowest BCUT2D eigenvalue weighted by Gasteiger charge is -2.41. The number of carbonyl (C=O) groups is 1. The number of urea groups is 1. The topological polar surface area (TPSA) is 47.6 Å². The molecule has 25 heavy (non-hydrogen) atoms. The molecule has 134 valence electrons. The molecule has 0 spiro atoms. The van der Waals surface area contributed by atoms with Crippen molar-refractivity contribution >= 4 is 23.9 Å². The van der Waals surface area contributed by atoms with E-state index in [9.17, 15) is 4.79 Å². The van der Waals surface area contributed by atoms with Crippen LogP contribution in [-0.2, 0) is 25.7 Å². The van der Waals surface area contributed by atoms with E-state index in [2.05, 4.69) is 32.4 Å². The predicted octanol–water partition coefficient (Wildman–Crippen LogP) is 2.59. The Labute approximate surface area is 153 Å². The van der Waals surface area contributed by atoms with E-state index in [0.717, 1.165) is 50.4 Å². The SMILES string of the molecule is CN1CC2CN(SNC(=O)Nc3c4c(cc5c3CCC5)CCC4)C2C1. The van der Waals surface area contributed by atoms with Crippen LogP contribution in [0.4, 0.5) is 10.5 Å². The Bertz CT molecular complexity index is 690. The summed E-state index contributed by atoms with van der Waals surface area (Å²) in [4.78, 5) is 14.9. The Hall–Kier alpha value is -1.24. The van der Waals surface area contributed by atoms with Crippen molar-refractivity contribution < 1.29 is 4.79 Å². The van der Waals surface area contributed by atoms with Crippen LogP contribution in [0.5, 0.6) is 0 Å². The van der Waals surface area contributed by atoms with Gasteiger partial charge in [0.05, 0.1) is 0 Å². The average molecular weight is 359 g/mol. The van der Waals surface area contributed by atoms with Gasteiger partial charge in [-0.25, -0.2) is 9.10 Å². The minimum Gasteiger partial charge on any atom is -0.307 e. The fraction of sp³-hybridized carbons (Fsp3) is 0.632. The highest BCUT2D eigenvalue weighted by Gasteiger charge is 2.45. The first-order chi connectivity index (χ1) is 12.2. The van der Waals surface area contributed by atoms with Crippen molar-refractivity contribution in [3.05, 3.63) is 28.3 Å². The molecule has 2 atom stereocenters. The van der Waals surface area contributed by atoms with Crippen LogP contribution < -0.4 is 10.0 Å². The Morgan fingerprint density at radius 2 is 1.80 bits per heavy atom. The van der Waals surface area contributed by atoms with Crippen molar-refractivity contribution in [3.63, 3.8) is 0 Å². The van der Waals surface area contributed by atoms with Gasteiger partial charge in [-0.3, -0.25) is 4.72 Å². The van der Waals surface area contributed by atoms with Crippen LogP contribution in [0.25, 0.3) is 0 Å². The third kappa shape index (κ3) is 2.75. The van der Waals surface area contributed by atoms with Gasteiger partial charge in [0, 0.05) is 49.4 Å². The second kappa shape index (κ2) is 6.18. The molecule has 5 rings (SSSR count). The van der Waals surface area contributed by atoms with E-state index in [1.165, 1.54) is 53.8 Å².